The number of benzene rings is 1. The summed E-state index contributed by atoms with van der Waals surface area (Å²) in [5.41, 5.74) is 2.73. The van der Waals surface area contributed by atoms with Crippen molar-refractivity contribution in [3.63, 3.8) is 0 Å². The van der Waals surface area contributed by atoms with Crippen LogP contribution in [-0.4, -0.2) is 23.4 Å². The zero-order chi connectivity index (χ0) is 15.4. The molecule has 0 aliphatic carbocycles. The lowest BCUT2D eigenvalue weighted by Gasteiger charge is -2.25. The molecule has 0 radical (unpaired) electrons. The molecule has 0 saturated heterocycles. The van der Waals surface area contributed by atoms with E-state index in [9.17, 15) is 4.39 Å². The van der Waals surface area contributed by atoms with Crippen LogP contribution in [0.3, 0.4) is 0 Å². The van der Waals surface area contributed by atoms with Gasteiger partial charge in [0, 0.05) is 49.7 Å². The van der Waals surface area contributed by atoms with Gasteiger partial charge in [-0.15, -0.1) is 0 Å². The van der Waals surface area contributed by atoms with E-state index >= 15 is 0 Å². The Kier molecular flexibility index (Phi) is 4.96. The first-order valence-electron chi connectivity index (χ1n) is 7.23. The minimum atomic E-state index is -0.168. The van der Waals surface area contributed by atoms with Gasteiger partial charge in [0.1, 0.15) is 5.82 Å². The van der Waals surface area contributed by atoms with Gasteiger partial charge in [0.25, 0.3) is 0 Å². The van der Waals surface area contributed by atoms with Crippen molar-refractivity contribution in [2.75, 3.05) is 18.5 Å². The minimum Gasteiger partial charge on any atom is -0.370 e. The van der Waals surface area contributed by atoms with Crippen LogP contribution in [0, 0.1) is 5.82 Å². The first kappa shape index (κ1) is 15.5. The van der Waals surface area contributed by atoms with Crippen LogP contribution in [0.25, 0.3) is 0 Å². The molecule has 1 atom stereocenters. The highest BCUT2D eigenvalue weighted by molar-refractivity contribution is 5.55. The van der Waals surface area contributed by atoms with Crippen molar-refractivity contribution in [3.05, 3.63) is 47.5 Å². The molecule has 0 bridgehead atoms. The molecule has 1 heterocycles. The van der Waals surface area contributed by atoms with Crippen LogP contribution in [-0.2, 0) is 13.6 Å². The number of aryl methyl sites for hydroxylation is 1. The fourth-order valence-electron chi connectivity index (χ4n) is 2.61. The highest BCUT2D eigenvalue weighted by atomic mass is 19.1. The first-order valence-corrected chi connectivity index (χ1v) is 7.23. The molecule has 0 amide bonds. The summed E-state index contributed by atoms with van der Waals surface area (Å²) >= 11 is 0. The molecule has 4 nitrogen and oxygen atoms in total. The smallest absolute Gasteiger partial charge is 0.130 e. The summed E-state index contributed by atoms with van der Waals surface area (Å²) in [6.07, 6.45) is 3.81. The third kappa shape index (κ3) is 3.61. The molecule has 0 spiro atoms. The highest BCUT2D eigenvalue weighted by Gasteiger charge is 2.17. The second-order valence-electron chi connectivity index (χ2n) is 5.33. The van der Waals surface area contributed by atoms with E-state index in [1.807, 2.05) is 46.4 Å². The molecule has 1 unspecified atom stereocenters. The zero-order valence-electron chi connectivity index (χ0n) is 13.1. The predicted molar refractivity (Wildman–Crippen MR) is 83.8 cm³/mol. The van der Waals surface area contributed by atoms with Crippen molar-refractivity contribution >= 4 is 5.69 Å². The second-order valence-corrected chi connectivity index (χ2v) is 5.33. The summed E-state index contributed by atoms with van der Waals surface area (Å²) in [7, 11) is 3.87. The van der Waals surface area contributed by atoms with Crippen LogP contribution >= 0.6 is 0 Å². The number of anilines is 1. The first-order chi connectivity index (χ1) is 10.0. The molecule has 1 aromatic heterocycles. The van der Waals surface area contributed by atoms with Gasteiger partial charge in [-0.2, -0.15) is 5.10 Å². The van der Waals surface area contributed by atoms with Gasteiger partial charge >= 0.3 is 0 Å². The van der Waals surface area contributed by atoms with Crippen LogP contribution in [0.15, 0.2) is 30.6 Å². The molecule has 114 valence electrons. The quantitative estimate of drug-likeness (QED) is 0.888. The summed E-state index contributed by atoms with van der Waals surface area (Å²) in [6, 6.07) is 5.21. The van der Waals surface area contributed by atoms with Gasteiger partial charge in [-0.1, -0.05) is 13.0 Å². The van der Waals surface area contributed by atoms with E-state index in [2.05, 4.69) is 15.3 Å². The largest absolute Gasteiger partial charge is 0.370 e. The summed E-state index contributed by atoms with van der Waals surface area (Å²) in [6.45, 7) is 5.52. The molecule has 1 aromatic carbocycles. The topological polar surface area (TPSA) is 33.1 Å². The van der Waals surface area contributed by atoms with Gasteiger partial charge in [0.2, 0.25) is 0 Å². The van der Waals surface area contributed by atoms with Crippen LogP contribution in [0.4, 0.5) is 10.1 Å². The van der Waals surface area contributed by atoms with E-state index in [-0.39, 0.29) is 11.9 Å². The Hall–Kier alpha value is -1.88. The van der Waals surface area contributed by atoms with Crippen molar-refractivity contribution in [2.45, 2.75) is 26.4 Å². The normalized spacial score (nSPS) is 12.4. The number of hydrogen-bond donors (Lipinski definition) is 1. The van der Waals surface area contributed by atoms with E-state index < -0.39 is 0 Å². The molecule has 0 saturated carbocycles. The molecule has 1 N–H and O–H groups in total. The van der Waals surface area contributed by atoms with Crippen molar-refractivity contribution in [1.29, 1.82) is 0 Å². The lowest BCUT2D eigenvalue weighted by molar-refractivity contribution is 0.540. The van der Waals surface area contributed by atoms with Crippen LogP contribution in [0.1, 0.15) is 31.0 Å². The Balaban J connectivity index is 2.27. The molecular weight excluding hydrogens is 267 g/mol. The zero-order valence-corrected chi connectivity index (χ0v) is 13.1. The van der Waals surface area contributed by atoms with E-state index in [1.54, 1.807) is 10.7 Å². The average molecular weight is 290 g/mol. The van der Waals surface area contributed by atoms with Gasteiger partial charge in [-0.3, -0.25) is 4.68 Å². The highest BCUT2D eigenvalue weighted by Crippen LogP contribution is 2.29. The SMILES string of the molecule is CCNC(C)c1c(F)cccc1N(C)Cc1cnn(C)c1. The van der Waals surface area contributed by atoms with Gasteiger partial charge < -0.3 is 10.2 Å². The number of aromatic nitrogens is 2. The Morgan fingerprint density at radius 1 is 1.43 bits per heavy atom. The van der Waals surface area contributed by atoms with Crippen LogP contribution in [0.2, 0.25) is 0 Å². The second kappa shape index (κ2) is 6.72. The number of nitrogens with zero attached hydrogens (tertiary/aromatic N) is 3. The minimum absolute atomic E-state index is 0.0254. The number of nitrogens with one attached hydrogen (secondary N) is 1. The van der Waals surface area contributed by atoms with Gasteiger partial charge in [-0.25, -0.2) is 4.39 Å². The van der Waals surface area contributed by atoms with E-state index in [1.165, 1.54) is 6.07 Å². The fraction of sp³-hybridized carbons (Fsp3) is 0.438. The summed E-state index contributed by atoms with van der Waals surface area (Å²) in [5.74, 6) is -0.168. The standard InChI is InChI=1S/C16H23FN4/c1-5-18-12(2)16-14(17)7-6-8-15(16)20(3)10-13-9-19-21(4)11-13/h6-9,11-12,18H,5,10H2,1-4H3. The van der Waals surface area contributed by atoms with Crippen molar-refractivity contribution in [3.8, 4) is 0 Å². The average Bonchev–Trinajstić information content (AvgIpc) is 2.83. The van der Waals surface area contributed by atoms with Gasteiger partial charge in [0.15, 0.2) is 0 Å². The van der Waals surface area contributed by atoms with Crippen molar-refractivity contribution in [2.24, 2.45) is 7.05 Å². The van der Waals surface area contributed by atoms with Gasteiger partial charge in [-0.05, 0) is 25.6 Å². The van der Waals surface area contributed by atoms with Crippen molar-refractivity contribution < 1.29 is 4.39 Å². The fourth-order valence-corrected chi connectivity index (χ4v) is 2.61. The summed E-state index contributed by atoms with van der Waals surface area (Å²) < 4.78 is 16.0. The lowest BCUT2D eigenvalue weighted by atomic mass is 10.0. The molecule has 0 aliphatic rings. The van der Waals surface area contributed by atoms with Crippen LogP contribution in [0.5, 0.6) is 0 Å². The van der Waals surface area contributed by atoms with Gasteiger partial charge in [0.05, 0.1) is 6.20 Å². The number of halogens is 1. The summed E-state index contributed by atoms with van der Waals surface area (Å²) in [4.78, 5) is 2.06. The lowest BCUT2D eigenvalue weighted by Crippen LogP contribution is -2.24. The van der Waals surface area contributed by atoms with E-state index in [0.29, 0.717) is 12.1 Å². The molecule has 5 heteroatoms. The Bertz CT molecular complexity index is 594. The van der Waals surface area contributed by atoms with Crippen molar-refractivity contribution in [1.82, 2.24) is 15.1 Å². The molecule has 2 aromatic rings. The predicted octanol–water partition coefficient (Wildman–Crippen LogP) is 2.87. The Morgan fingerprint density at radius 3 is 2.81 bits per heavy atom. The molecule has 2 rings (SSSR count). The third-order valence-corrected chi connectivity index (χ3v) is 3.56. The summed E-state index contributed by atoms with van der Waals surface area (Å²) in [5, 5.41) is 7.45. The third-order valence-electron chi connectivity index (χ3n) is 3.56. The molecule has 0 fully saturated rings. The van der Waals surface area contributed by atoms with E-state index in [0.717, 1.165) is 17.8 Å². The monoisotopic (exact) mass is 290 g/mol. The van der Waals surface area contributed by atoms with E-state index in [4.69, 9.17) is 0 Å². The van der Waals surface area contributed by atoms with Crippen LogP contribution < -0.4 is 10.2 Å². The maximum absolute atomic E-state index is 14.2. The molecule has 0 aliphatic heterocycles. The number of hydrogen-bond acceptors (Lipinski definition) is 3. The Morgan fingerprint density at radius 2 is 2.19 bits per heavy atom. The maximum Gasteiger partial charge on any atom is 0.130 e. The Labute approximate surface area is 125 Å². The molecule has 21 heavy (non-hydrogen) atoms. The number of rotatable bonds is 6. The maximum atomic E-state index is 14.2. The molecular formula is C16H23FN4.